The van der Waals surface area contributed by atoms with Crippen LogP contribution in [0.25, 0.3) is 0 Å². The summed E-state index contributed by atoms with van der Waals surface area (Å²) in [7, 11) is 0. The van der Waals surface area contributed by atoms with Gasteiger partial charge in [-0.2, -0.15) is 0 Å². The smallest absolute Gasteiger partial charge is 0.0628 e. The molecule has 0 amide bonds. The summed E-state index contributed by atoms with van der Waals surface area (Å²) in [5.74, 6) is 0. The summed E-state index contributed by atoms with van der Waals surface area (Å²) in [4.78, 5) is 2.38. The molecule has 0 radical (unpaired) electrons. The van der Waals surface area contributed by atoms with Gasteiger partial charge in [-0.05, 0) is 25.5 Å². The molecule has 0 spiro atoms. The number of aliphatic hydroxyl groups excluding tert-OH is 1. The number of hydrogen-bond acceptors (Lipinski definition) is 3. The second-order valence-corrected chi connectivity index (χ2v) is 4.75. The first kappa shape index (κ1) is 12.6. The Morgan fingerprint density at radius 1 is 1.35 bits per heavy atom. The maximum atomic E-state index is 9.65. The van der Waals surface area contributed by atoms with Gasteiger partial charge in [-0.3, -0.25) is 4.90 Å². The first-order valence-corrected chi connectivity index (χ1v) is 6.43. The topological polar surface area (TPSA) is 35.5 Å². The molecule has 1 saturated heterocycles. The van der Waals surface area contributed by atoms with Crippen LogP contribution in [0.5, 0.6) is 0 Å². The van der Waals surface area contributed by atoms with E-state index in [-0.39, 0.29) is 12.6 Å². The molecule has 3 heteroatoms. The highest BCUT2D eigenvalue weighted by Crippen LogP contribution is 2.21. The van der Waals surface area contributed by atoms with Crippen LogP contribution in [0.4, 0.5) is 0 Å². The van der Waals surface area contributed by atoms with Gasteiger partial charge in [0.05, 0.1) is 12.6 Å². The number of aryl methyl sites for hydroxylation is 1. The molecule has 1 aliphatic heterocycles. The van der Waals surface area contributed by atoms with Crippen molar-refractivity contribution in [1.29, 1.82) is 0 Å². The molecule has 1 atom stereocenters. The first-order chi connectivity index (χ1) is 8.31. The monoisotopic (exact) mass is 234 g/mol. The summed E-state index contributed by atoms with van der Waals surface area (Å²) >= 11 is 0. The van der Waals surface area contributed by atoms with Gasteiger partial charge in [0.1, 0.15) is 0 Å². The van der Waals surface area contributed by atoms with Crippen molar-refractivity contribution >= 4 is 0 Å². The third-order valence-corrected chi connectivity index (χ3v) is 3.42. The van der Waals surface area contributed by atoms with E-state index in [1.165, 1.54) is 11.1 Å². The Labute approximate surface area is 103 Å². The summed E-state index contributed by atoms with van der Waals surface area (Å²) in [6.07, 6.45) is 1.16. The number of hydrogen-bond donors (Lipinski definition) is 2. The lowest BCUT2D eigenvalue weighted by molar-refractivity contribution is 0.130. The Balaban J connectivity index is 2.14. The second-order valence-electron chi connectivity index (χ2n) is 4.75. The number of aliphatic hydroxyl groups is 1. The second kappa shape index (κ2) is 6.15. The van der Waals surface area contributed by atoms with E-state index in [2.05, 4.69) is 41.4 Å². The Hall–Kier alpha value is -0.900. The molecule has 1 fully saturated rings. The molecular weight excluding hydrogens is 212 g/mol. The van der Waals surface area contributed by atoms with Gasteiger partial charge < -0.3 is 10.4 Å². The molecule has 94 valence electrons. The van der Waals surface area contributed by atoms with Gasteiger partial charge in [0.25, 0.3) is 0 Å². The number of rotatable bonds is 3. The van der Waals surface area contributed by atoms with Crippen LogP contribution in [0.1, 0.15) is 23.6 Å². The average Bonchev–Trinajstić information content (AvgIpc) is 2.59. The number of benzene rings is 1. The predicted molar refractivity (Wildman–Crippen MR) is 70.1 cm³/mol. The fourth-order valence-electron chi connectivity index (χ4n) is 2.49. The van der Waals surface area contributed by atoms with Crippen LogP contribution >= 0.6 is 0 Å². The van der Waals surface area contributed by atoms with Gasteiger partial charge in [0.15, 0.2) is 0 Å². The maximum Gasteiger partial charge on any atom is 0.0628 e. The van der Waals surface area contributed by atoms with Gasteiger partial charge in [-0.25, -0.2) is 0 Å². The molecule has 0 aromatic heterocycles. The van der Waals surface area contributed by atoms with Crippen LogP contribution in [-0.2, 0) is 0 Å². The van der Waals surface area contributed by atoms with E-state index in [1.54, 1.807) is 0 Å². The first-order valence-electron chi connectivity index (χ1n) is 6.43. The van der Waals surface area contributed by atoms with E-state index in [9.17, 15) is 5.11 Å². The van der Waals surface area contributed by atoms with Gasteiger partial charge in [0.2, 0.25) is 0 Å². The highest BCUT2D eigenvalue weighted by molar-refractivity contribution is 5.25. The average molecular weight is 234 g/mol. The lowest BCUT2D eigenvalue weighted by atomic mass is 10.0. The highest BCUT2D eigenvalue weighted by atomic mass is 16.3. The standard InChI is InChI=1S/C14H22N2O/c1-12-4-2-5-13(10-12)14(11-17)16-8-3-6-15-7-9-16/h2,4-5,10,14-15,17H,3,6-9,11H2,1H3. The molecule has 2 N–H and O–H groups in total. The van der Waals surface area contributed by atoms with Gasteiger partial charge in [-0.1, -0.05) is 29.8 Å². The zero-order chi connectivity index (χ0) is 12.1. The van der Waals surface area contributed by atoms with Crippen LogP contribution in [-0.4, -0.2) is 42.8 Å². The van der Waals surface area contributed by atoms with Gasteiger partial charge >= 0.3 is 0 Å². The van der Waals surface area contributed by atoms with Crippen molar-refractivity contribution in [2.45, 2.75) is 19.4 Å². The molecule has 3 nitrogen and oxygen atoms in total. The lowest BCUT2D eigenvalue weighted by Gasteiger charge is -2.29. The summed E-state index contributed by atoms with van der Waals surface area (Å²) in [6.45, 7) is 6.47. The lowest BCUT2D eigenvalue weighted by Crippen LogP contribution is -2.34. The minimum atomic E-state index is 0.148. The molecular formula is C14H22N2O. The maximum absolute atomic E-state index is 9.65. The Kier molecular flexibility index (Phi) is 4.54. The van der Waals surface area contributed by atoms with E-state index < -0.39 is 0 Å². The zero-order valence-corrected chi connectivity index (χ0v) is 10.5. The Morgan fingerprint density at radius 2 is 2.24 bits per heavy atom. The summed E-state index contributed by atoms with van der Waals surface area (Å²) in [5, 5.41) is 13.0. The van der Waals surface area contributed by atoms with Crippen LogP contribution < -0.4 is 5.32 Å². The molecule has 1 unspecified atom stereocenters. The van der Waals surface area contributed by atoms with Crippen molar-refractivity contribution in [2.24, 2.45) is 0 Å². The van der Waals surface area contributed by atoms with Crippen LogP contribution in [0, 0.1) is 6.92 Å². The predicted octanol–water partition coefficient (Wildman–Crippen LogP) is 1.32. The molecule has 1 heterocycles. The fourth-order valence-corrected chi connectivity index (χ4v) is 2.49. The van der Waals surface area contributed by atoms with Crippen molar-refractivity contribution in [1.82, 2.24) is 10.2 Å². The third kappa shape index (κ3) is 3.28. The summed E-state index contributed by atoms with van der Waals surface area (Å²) in [6, 6.07) is 8.62. The largest absolute Gasteiger partial charge is 0.394 e. The fraction of sp³-hybridized carbons (Fsp3) is 0.571. The molecule has 2 rings (SSSR count). The van der Waals surface area contributed by atoms with Crippen molar-refractivity contribution < 1.29 is 5.11 Å². The molecule has 0 bridgehead atoms. The zero-order valence-electron chi connectivity index (χ0n) is 10.5. The van der Waals surface area contributed by atoms with Crippen LogP contribution in [0.3, 0.4) is 0 Å². The van der Waals surface area contributed by atoms with Crippen molar-refractivity contribution in [2.75, 3.05) is 32.8 Å². The van der Waals surface area contributed by atoms with E-state index in [0.717, 1.165) is 32.6 Å². The highest BCUT2D eigenvalue weighted by Gasteiger charge is 2.20. The Morgan fingerprint density at radius 3 is 3.00 bits per heavy atom. The Bertz CT molecular complexity index is 346. The molecule has 1 aromatic rings. The molecule has 17 heavy (non-hydrogen) atoms. The molecule has 1 aliphatic rings. The molecule has 1 aromatic carbocycles. The van der Waals surface area contributed by atoms with Gasteiger partial charge in [-0.15, -0.1) is 0 Å². The minimum absolute atomic E-state index is 0.148. The van der Waals surface area contributed by atoms with Crippen molar-refractivity contribution in [3.8, 4) is 0 Å². The minimum Gasteiger partial charge on any atom is -0.394 e. The third-order valence-electron chi connectivity index (χ3n) is 3.42. The normalized spacial score (nSPS) is 19.9. The molecule has 0 saturated carbocycles. The van der Waals surface area contributed by atoms with E-state index in [0.29, 0.717) is 0 Å². The molecule has 0 aliphatic carbocycles. The van der Waals surface area contributed by atoms with Crippen molar-refractivity contribution in [3.05, 3.63) is 35.4 Å². The van der Waals surface area contributed by atoms with E-state index in [1.807, 2.05) is 0 Å². The summed E-state index contributed by atoms with van der Waals surface area (Å²) in [5.41, 5.74) is 2.49. The SMILES string of the molecule is Cc1cccc(C(CO)N2CCCNCC2)c1. The van der Waals surface area contributed by atoms with Crippen LogP contribution in [0.2, 0.25) is 0 Å². The van der Waals surface area contributed by atoms with E-state index >= 15 is 0 Å². The number of nitrogens with zero attached hydrogens (tertiary/aromatic N) is 1. The quantitative estimate of drug-likeness (QED) is 0.828. The number of nitrogens with one attached hydrogen (secondary N) is 1. The van der Waals surface area contributed by atoms with Gasteiger partial charge in [0, 0.05) is 19.6 Å². The summed E-state index contributed by atoms with van der Waals surface area (Å²) < 4.78 is 0. The van der Waals surface area contributed by atoms with Crippen LogP contribution in [0.15, 0.2) is 24.3 Å². The van der Waals surface area contributed by atoms with Crippen molar-refractivity contribution in [3.63, 3.8) is 0 Å². The van der Waals surface area contributed by atoms with E-state index in [4.69, 9.17) is 0 Å².